The minimum atomic E-state index is -3.32. The number of carbonyl (C=O) groups is 2. The predicted octanol–water partition coefficient (Wildman–Crippen LogP) is 3.13. The van der Waals surface area contributed by atoms with Gasteiger partial charge in [-0.15, -0.1) is 0 Å². The van der Waals surface area contributed by atoms with Gasteiger partial charge in [-0.2, -0.15) is 0 Å². The molecule has 1 fully saturated rings. The van der Waals surface area contributed by atoms with Crippen molar-refractivity contribution >= 4 is 33.5 Å². The summed E-state index contributed by atoms with van der Waals surface area (Å²) in [5.41, 5.74) is 1.56. The number of fused-ring (bicyclic) bond motifs is 1. The molecule has 0 spiro atoms. The first-order chi connectivity index (χ1) is 14.7. The number of piperidine rings is 1. The van der Waals surface area contributed by atoms with Crippen molar-refractivity contribution in [1.82, 2.24) is 9.21 Å². The first-order valence-corrected chi connectivity index (χ1v) is 12.3. The van der Waals surface area contributed by atoms with Gasteiger partial charge in [-0.1, -0.05) is 41.9 Å². The van der Waals surface area contributed by atoms with Crippen molar-refractivity contribution in [2.45, 2.75) is 30.8 Å². The number of carboxylic acid groups (broad SMARTS) is 1. The standard InChI is InChI=1S/C22H23ClN2O5S/c1-31(29,30)24-12-10-16(11-13-24)25-20(14-6-8-15(23)9-7-14)19(22(27)28)17-4-2-3-5-18(17)21(25)26/h2-9,16,19-20H,10-13H2,1H3,(H,27,28)/t19-,20+/m1/s1. The number of carbonyl (C=O) groups excluding carboxylic acids is 1. The molecule has 2 heterocycles. The van der Waals surface area contributed by atoms with Gasteiger partial charge in [-0.05, 0) is 42.2 Å². The molecule has 9 heteroatoms. The lowest BCUT2D eigenvalue weighted by Gasteiger charge is -2.47. The van der Waals surface area contributed by atoms with Crippen molar-refractivity contribution in [2.75, 3.05) is 19.3 Å². The summed E-state index contributed by atoms with van der Waals surface area (Å²) < 4.78 is 25.2. The number of rotatable bonds is 4. The Bertz CT molecular complexity index is 1110. The van der Waals surface area contributed by atoms with Crippen LogP contribution in [0, 0.1) is 0 Å². The molecule has 2 aromatic rings. The highest BCUT2D eigenvalue weighted by Crippen LogP contribution is 2.45. The third kappa shape index (κ3) is 4.07. The van der Waals surface area contributed by atoms with Crippen molar-refractivity contribution in [1.29, 1.82) is 0 Å². The molecular formula is C22H23ClN2O5S. The number of halogens is 1. The normalized spacial score (nSPS) is 22.9. The van der Waals surface area contributed by atoms with E-state index in [1.165, 1.54) is 10.6 Å². The van der Waals surface area contributed by atoms with Crippen molar-refractivity contribution in [3.63, 3.8) is 0 Å². The van der Waals surface area contributed by atoms with Gasteiger partial charge in [0.1, 0.15) is 5.92 Å². The quantitative estimate of drug-likeness (QED) is 0.753. The first-order valence-electron chi connectivity index (χ1n) is 10.0. The van der Waals surface area contributed by atoms with E-state index in [0.717, 1.165) is 0 Å². The van der Waals surface area contributed by atoms with Gasteiger partial charge < -0.3 is 10.0 Å². The van der Waals surface area contributed by atoms with E-state index in [0.29, 0.717) is 47.6 Å². The van der Waals surface area contributed by atoms with Crippen LogP contribution in [0.1, 0.15) is 46.3 Å². The van der Waals surface area contributed by atoms with Crippen LogP contribution in [0.15, 0.2) is 48.5 Å². The Morgan fingerprint density at radius 3 is 2.26 bits per heavy atom. The fourth-order valence-corrected chi connectivity index (χ4v) is 5.69. The molecule has 0 saturated carbocycles. The molecule has 2 aliphatic rings. The molecule has 1 N–H and O–H groups in total. The highest BCUT2D eigenvalue weighted by Gasteiger charge is 2.47. The van der Waals surface area contributed by atoms with Gasteiger partial charge in [0.05, 0.1) is 12.3 Å². The van der Waals surface area contributed by atoms with Gasteiger partial charge in [-0.25, -0.2) is 12.7 Å². The fraction of sp³-hybridized carbons (Fsp3) is 0.364. The van der Waals surface area contributed by atoms with Gasteiger partial charge in [-0.3, -0.25) is 9.59 Å². The summed E-state index contributed by atoms with van der Waals surface area (Å²) in [6.45, 7) is 0.583. The number of carboxylic acids is 1. The highest BCUT2D eigenvalue weighted by atomic mass is 35.5. The maximum Gasteiger partial charge on any atom is 0.313 e. The Hall–Kier alpha value is -2.42. The molecule has 4 rings (SSSR count). The molecule has 1 saturated heterocycles. The summed E-state index contributed by atoms with van der Waals surface area (Å²) >= 11 is 6.04. The third-order valence-corrected chi connectivity index (χ3v) is 7.69. The summed E-state index contributed by atoms with van der Waals surface area (Å²) in [6, 6.07) is 12.7. The van der Waals surface area contributed by atoms with Crippen LogP contribution < -0.4 is 0 Å². The topological polar surface area (TPSA) is 95.0 Å². The number of sulfonamides is 1. The zero-order valence-corrected chi connectivity index (χ0v) is 18.5. The van der Waals surface area contributed by atoms with Gasteiger partial charge in [0.2, 0.25) is 10.0 Å². The van der Waals surface area contributed by atoms with Crippen LogP contribution >= 0.6 is 11.6 Å². The zero-order chi connectivity index (χ0) is 22.3. The summed E-state index contributed by atoms with van der Waals surface area (Å²) in [7, 11) is -3.32. The van der Waals surface area contributed by atoms with Crippen molar-refractivity contribution in [3.05, 3.63) is 70.2 Å². The molecule has 0 aliphatic carbocycles. The molecule has 0 bridgehead atoms. The largest absolute Gasteiger partial charge is 0.481 e. The van der Waals surface area contributed by atoms with Crippen LogP contribution in [-0.4, -0.2) is 60.0 Å². The maximum absolute atomic E-state index is 13.6. The number of nitrogens with zero attached hydrogens (tertiary/aromatic N) is 2. The van der Waals surface area contributed by atoms with Gasteiger partial charge >= 0.3 is 5.97 Å². The second-order valence-electron chi connectivity index (χ2n) is 8.01. The Morgan fingerprint density at radius 1 is 1.06 bits per heavy atom. The Morgan fingerprint density at radius 2 is 1.68 bits per heavy atom. The van der Waals surface area contributed by atoms with E-state index in [-0.39, 0.29) is 11.9 Å². The summed E-state index contributed by atoms with van der Waals surface area (Å²) in [4.78, 5) is 27.7. The van der Waals surface area contributed by atoms with E-state index < -0.39 is 28.0 Å². The molecule has 0 aromatic heterocycles. The number of hydrogen-bond donors (Lipinski definition) is 1. The van der Waals surface area contributed by atoms with Crippen LogP contribution in [0.3, 0.4) is 0 Å². The van der Waals surface area contributed by atoms with E-state index in [1.54, 1.807) is 53.4 Å². The van der Waals surface area contributed by atoms with E-state index in [9.17, 15) is 23.1 Å². The monoisotopic (exact) mass is 462 g/mol. The molecule has 0 radical (unpaired) electrons. The molecule has 164 valence electrons. The van der Waals surface area contributed by atoms with Crippen LogP contribution in [0.4, 0.5) is 0 Å². The average Bonchev–Trinajstić information content (AvgIpc) is 2.73. The van der Waals surface area contributed by atoms with E-state index in [2.05, 4.69) is 0 Å². The van der Waals surface area contributed by atoms with Gasteiger partial charge in [0, 0.05) is 29.7 Å². The molecule has 1 amide bonds. The van der Waals surface area contributed by atoms with E-state index >= 15 is 0 Å². The second kappa shape index (κ2) is 8.26. The van der Waals surface area contributed by atoms with Crippen molar-refractivity contribution < 1.29 is 23.1 Å². The molecule has 2 aromatic carbocycles. The van der Waals surface area contributed by atoms with E-state index in [4.69, 9.17) is 11.6 Å². The molecular weight excluding hydrogens is 440 g/mol. The number of aliphatic carboxylic acids is 1. The number of hydrogen-bond acceptors (Lipinski definition) is 4. The fourth-order valence-electron chi connectivity index (χ4n) is 4.69. The minimum Gasteiger partial charge on any atom is -0.481 e. The summed E-state index contributed by atoms with van der Waals surface area (Å²) in [6.07, 6.45) is 2.06. The van der Waals surface area contributed by atoms with Gasteiger partial charge in [0.15, 0.2) is 0 Å². The third-order valence-electron chi connectivity index (χ3n) is 6.14. The smallest absolute Gasteiger partial charge is 0.313 e. The number of benzene rings is 2. The Kier molecular flexibility index (Phi) is 5.81. The zero-order valence-electron chi connectivity index (χ0n) is 16.9. The second-order valence-corrected chi connectivity index (χ2v) is 10.4. The summed E-state index contributed by atoms with van der Waals surface area (Å²) in [5, 5.41) is 10.7. The lowest BCUT2D eigenvalue weighted by molar-refractivity contribution is -0.141. The first kappa shape index (κ1) is 21.8. The molecule has 2 aliphatic heterocycles. The molecule has 31 heavy (non-hydrogen) atoms. The predicted molar refractivity (Wildman–Crippen MR) is 117 cm³/mol. The molecule has 0 unspecified atom stereocenters. The van der Waals surface area contributed by atoms with Gasteiger partial charge in [0.25, 0.3) is 5.91 Å². The Balaban J connectivity index is 1.80. The SMILES string of the molecule is CS(=O)(=O)N1CCC(N2C(=O)c3ccccc3[C@@H](C(=O)O)[C@@H]2c2ccc(Cl)cc2)CC1. The summed E-state index contributed by atoms with van der Waals surface area (Å²) in [5.74, 6) is -2.19. The van der Waals surface area contributed by atoms with Crippen LogP contribution in [0.5, 0.6) is 0 Å². The van der Waals surface area contributed by atoms with E-state index in [1.807, 2.05) is 0 Å². The number of amides is 1. The lowest BCUT2D eigenvalue weighted by atomic mass is 9.78. The molecule has 2 atom stereocenters. The highest BCUT2D eigenvalue weighted by molar-refractivity contribution is 7.88. The van der Waals surface area contributed by atoms with Crippen LogP contribution in [0.2, 0.25) is 5.02 Å². The minimum absolute atomic E-state index is 0.231. The average molecular weight is 463 g/mol. The Labute approximate surface area is 186 Å². The van der Waals surface area contributed by atoms with Crippen LogP contribution in [-0.2, 0) is 14.8 Å². The molecule has 7 nitrogen and oxygen atoms in total. The van der Waals surface area contributed by atoms with Crippen molar-refractivity contribution in [3.8, 4) is 0 Å². The maximum atomic E-state index is 13.6. The van der Waals surface area contributed by atoms with Crippen molar-refractivity contribution in [2.24, 2.45) is 0 Å². The van der Waals surface area contributed by atoms with Crippen LogP contribution in [0.25, 0.3) is 0 Å². The lowest BCUT2D eigenvalue weighted by Crippen LogP contribution is -2.53.